The van der Waals surface area contributed by atoms with Gasteiger partial charge in [0.25, 0.3) is 0 Å². The molecule has 0 aliphatic carbocycles. The molecule has 1 amide bonds. The zero-order valence-electron chi connectivity index (χ0n) is 17.0. The van der Waals surface area contributed by atoms with E-state index in [1.807, 2.05) is 35.8 Å². The summed E-state index contributed by atoms with van der Waals surface area (Å²) in [7, 11) is 0. The third-order valence-corrected chi connectivity index (χ3v) is 6.09. The van der Waals surface area contributed by atoms with Crippen LogP contribution in [0.3, 0.4) is 0 Å². The van der Waals surface area contributed by atoms with E-state index in [2.05, 4.69) is 29.1 Å². The quantitative estimate of drug-likeness (QED) is 0.437. The van der Waals surface area contributed by atoms with Crippen LogP contribution in [-0.4, -0.2) is 35.3 Å². The Labute approximate surface area is 182 Å². The lowest BCUT2D eigenvalue weighted by Crippen LogP contribution is -2.15. The van der Waals surface area contributed by atoms with E-state index in [-0.39, 0.29) is 12.3 Å². The largest absolute Gasteiger partial charge is 0.370 e. The topological polar surface area (TPSA) is 104 Å². The number of halogens is 1. The van der Waals surface area contributed by atoms with Gasteiger partial charge in [0.2, 0.25) is 5.91 Å². The van der Waals surface area contributed by atoms with Crippen LogP contribution in [0.2, 0.25) is 5.02 Å². The summed E-state index contributed by atoms with van der Waals surface area (Å²) in [5, 5.41) is 16.2. The number of nitrogens with two attached hydrogens (primary N) is 1. The highest BCUT2D eigenvalue weighted by molar-refractivity contribution is 7.99. The third kappa shape index (κ3) is 3.87. The fraction of sp³-hybridized carbons (Fsp3) is 0.350. The molecule has 0 saturated carbocycles. The first-order chi connectivity index (χ1) is 14.3. The Morgan fingerprint density at radius 3 is 2.77 bits per heavy atom. The average Bonchev–Trinajstić information content (AvgIpc) is 3.21. The van der Waals surface area contributed by atoms with Crippen molar-refractivity contribution in [2.75, 3.05) is 0 Å². The smallest absolute Gasteiger partial charge is 0.217 e. The van der Waals surface area contributed by atoms with Gasteiger partial charge in [-0.15, -0.1) is 10.2 Å². The number of hydrogen-bond acceptors (Lipinski definition) is 6. The molecule has 3 aromatic heterocycles. The molecule has 0 fully saturated rings. The monoisotopic (exact) mass is 443 g/mol. The van der Waals surface area contributed by atoms with Crippen LogP contribution in [0, 0.1) is 12.8 Å². The van der Waals surface area contributed by atoms with Crippen molar-refractivity contribution in [3.8, 4) is 0 Å². The maximum Gasteiger partial charge on any atom is 0.217 e. The lowest BCUT2D eigenvalue weighted by Gasteiger charge is -2.13. The number of aryl methyl sites for hydroxylation is 2. The number of aromatic nitrogens is 6. The van der Waals surface area contributed by atoms with E-state index < -0.39 is 0 Å². The Bertz CT molecular complexity index is 1250. The highest BCUT2D eigenvalue weighted by Crippen LogP contribution is 2.34. The van der Waals surface area contributed by atoms with E-state index in [0.717, 1.165) is 39.1 Å². The maximum absolute atomic E-state index is 11.2. The third-order valence-electron chi connectivity index (χ3n) is 4.66. The molecule has 10 heteroatoms. The van der Waals surface area contributed by atoms with Crippen LogP contribution in [0.15, 0.2) is 34.4 Å². The van der Waals surface area contributed by atoms with Crippen LogP contribution >= 0.6 is 23.4 Å². The lowest BCUT2D eigenvalue weighted by atomic mass is 10.2. The molecule has 2 N–H and O–H groups in total. The van der Waals surface area contributed by atoms with Gasteiger partial charge in [0.1, 0.15) is 15.9 Å². The number of hydrogen-bond donors (Lipinski definition) is 1. The molecule has 4 aromatic rings. The summed E-state index contributed by atoms with van der Waals surface area (Å²) in [6.07, 6.45) is 0.690. The van der Waals surface area contributed by atoms with Crippen LogP contribution in [0.1, 0.15) is 31.8 Å². The molecule has 156 valence electrons. The molecule has 0 unspecified atom stereocenters. The molecule has 0 radical (unpaired) electrons. The molecule has 1 aromatic carbocycles. The molecular formula is C20H22ClN7OS. The predicted molar refractivity (Wildman–Crippen MR) is 117 cm³/mol. The molecule has 3 heterocycles. The van der Waals surface area contributed by atoms with Crippen molar-refractivity contribution >= 4 is 45.8 Å². The van der Waals surface area contributed by atoms with Crippen molar-refractivity contribution in [3.05, 3.63) is 40.8 Å². The van der Waals surface area contributed by atoms with Crippen molar-refractivity contribution in [1.29, 1.82) is 0 Å². The first-order valence-corrected chi connectivity index (χ1v) is 10.9. The van der Waals surface area contributed by atoms with Crippen LogP contribution in [-0.2, 0) is 17.8 Å². The number of primary amides is 1. The lowest BCUT2D eigenvalue weighted by molar-refractivity contribution is -0.118. The maximum atomic E-state index is 11.2. The van der Waals surface area contributed by atoms with Gasteiger partial charge in [-0.2, -0.15) is 5.10 Å². The van der Waals surface area contributed by atoms with Crippen molar-refractivity contribution in [2.45, 2.75) is 50.3 Å². The minimum atomic E-state index is -0.354. The summed E-state index contributed by atoms with van der Waals surface area (Å²) in [5.74, 6) is 0.771. The molecule has 0 bridgehead atoms. The molecule has 0 aliphatic rings. The molecular weight excluding hydrogens is 422 g/mol. The summed E-state index contributed by atoms with van der Waals surface area (Å²) >= 11 is 7.90. The normalized spacial score (nSPS) is 11.8. The first-order valence-electron chi connectivity index (χ1n) is 9.67. The highest BCUT2D eigenvalue weighted by Gasteiger charge is 2.20. The second kappa shape index (κ2) is 8.23. The number of rotatable bonds is 7. The predicted octanol–water partition coefficient (Wildman–Crippen LogP) is 3.66. The van der Waals surface area contributed by atoms with Crippen molar-refractivity contribution in [2.24, 2.45) is 11.7 Å². The number of fused-ring (bicyclic) bond motifs is 3. The molecule has 30 heavy (non-hydrogen) atoms. The summed E-state index contributed by atoms with van der Waals surface area (Å²) in [4.78, 5) is 16.0. The van der Waals surface area contributed by atoms with E-state index in [1.165, 1.54) is 11.8 Å². The minimum Gasteiger partial charge on any atom is -0.370 e. The number of carbonyl (C=O) groups is 1. The molecule has 8 nitrogen and oxygen atoms in total. The van der Waals surface area contributed by atoms with Crippen LogP contribution in [0.5, 0.6) is 0 Å². The molecule has 0 aliphatic heterocycles. The fourth-order valence-electron chi connectivity index (χ4n) is 3.28. The molecule has 4 rings (SSSR count). The standard InChI is InChI=1S/C20H22ClN7OS/c1-11(2)10-27-16(9-8-15(22)29)24-25-20(27)30-19-13-6-4-5-7-14(13)28-18(23-19)17(21)12(3)26-28/h4-7,11H,8-10H2,1-3H3,(H2,22,29). The molecule has 0 atom stereocenters. The van der Waals surface area contributed by atoms with Gasteiger partial charge in [-0.1, -0.05) is 43.6 Å². The Morgan fingerprint density at radius 1 is 1.27 bits per heavy atom. The van der Waals surface area contributed by atoms with E-state index in [1.54, 1.807) is 4.52 Å². The van der Waals surface area contributed by atoms with Crippen LogP contribution < -0.4 is 5.73 Å². The number of carbonyl (C=O) groups excluding carboxylic acids is 1. The van der Waals surface area contributed by atoms with Gasteiger partial charge in [0, 0.05) is 24.8 Å². The number of nitrogens with zero attached hydrogens (tertiary/aromatic N) is 6. The highest BCUT2D eigenvalue weighted by atomic mass is 35.5. The van der Waals surface area contributed by atoms with Gasteiger partial charge in [-0.3, -0.25) is 4.79 Å². The Hall–Kier alpha value is -2.65. The van der Waals surface area contributed by atoms with Crippen LogP contribution in [0.4, 0.5) is 0 Å². The van der Waals surface area contributed by atoms with Gasteiger partial charge in [0.15, 0.2) is 10.8 Å². The van der Waals surface area contributed by atoms with Gasteiger partial charge < -0.3 is 10.3 Å². The average molecular weight is 444 g/mol. The fourth-order valence-corrected chi connectivity index (χ4v) is 4.40. The second-order valence-corrected chi connectivity index (χ2v) is 8.87. The first kappa shape index (κ1) is 20.6. The zero-order chi connectivity index (χ0) is 21.4. The zero-order valence-corrected chi connectivity index (χ0v) is 18.5. The van der Waals surface area contributed by atoms with Gasteiger partial charge in [-0.05, 0) is 30.7 Å². The second-order valence-electron chi connectivity index (χ2n) is 7.54. The molecule has 0 spiro atoms. The van der Waals surface area contributed by atoms with E-state index in [4.69, 9.17) is 22.3 Å². The van der Waals surface area contributed by atoms with E-state index in [0.29, 0.717) is 23.0 Å². The minimum absolute atomic E-state index is 0.235. The number of amides is 1. The van der Waals surface area contributed by atoms with E-state index in [9.17, 15) is 4.79 Å². The number of para-hydroxylation sites is 1. The summed E-state index contributed by atoms with van der Waals surface area (Å²) < 4.78 is 3.82. The Balaban J connectivity index is 1.82. The van der Waals surface area contributed by atoms with Gasteiger partial charge in [0.05, 0.1) is 11.2 Å². The Kier molecular flexibility index (Phi) is 5.66. The summed E-state index contributed by atoms with van der Waals surface area (Å²) in [5.41, 5.74) is 7.58. The summed E-state index contributed by atoms with van der Waals surface area (Å²) in [6, 6.07) is 7.93. The van der Waals surface area contributed by atoms with Crippen molar-refractivity contribution < 1.29 is 4.79 Å². The SMILES string of the molecule is Cc1nn2c(nc(Sc3nnc(CCC(N)=O)n3CC(C)C)c3ccccc32)c1Cl. The number of benzene rings is 1. The van der Waals surface area contributed by atoms with E-state index >= 15 is 0 Å². The van der Waals surface area contributed by atoms with Crippen molar-refractivity contribution in [3.63, 3.8) is 0 Å². The van der Waals surface area contributed by atoms with Crippen molar-refractivity contribution in [1.82, 2.24) is 29.4 Å². The van der Waals surface area contributed by atoms with Gasteiger partial charge in [-0.25, -0.2) is 9.50 Å². The molecule has 0 saturated heterocycles. The summed E-state index contributed by atoms with van der Waals surface area (Å²) in [6.45, 7) is 6.85. The Morgan fingerprint density at radius 2 is 2.03 bits per heavy atom. The van der Waals surface area contributed by atoms with Crippen LogP contribution in [0.25, 0.3) is 16.6 Å². The van der Waals surface area contributed by atoms with Gasteiger partial charge >= 0.3 is 0 Å².